The third-order valence-corrected chi connectivity index (χ3v) is 7.60. The van der Waals surface area contributed by atoms with E-state index in [4.69, 9.17) is 9.97 Å². The van der Waals surface area contributed by atoms with E-state index in [0.717, 1.165) is 67.1 Å². The molecule has 8 rings (SSSR count). The normalized spacial score (nSPS) is 11.3. The maximum Gasteiger partial charge on any atom is 0.160 e. The van der Waals surface area contributed by atoms with Crippen molar-refractivity contribution in [1.82, 2.24) is 29.5 Å². The summed E-state index contributed by atoms with van der Waals surface area (Å²) in [5.41, 5.74) is 10.6. The molecule has 0 N–H and O–H groups in total. The van der Waals surface area contributed by atoms with E-state index < -0.39 is 0 Å². The van der Waals surface area contributed by atoms with Gasteiger partial charge in [-0.15, -0.1) is 0 Å². The van der Waals surface area contributed by atoms with Crippen molar-refractivity contribution in [3.05, 3.63) is 146 Å². The summed E-state index contributed by atoms with van der Waals surface area (Å²) in [7, 11) is 0. The SMILES string of the molecule is c1ccc(-c2nc(-c3ccc(-c4ccccn4)cc3)cc(-c3ccc(-n4c5cccnc5c5cccnc54)cc3)n2)cc1. The molecule has 0 radical (unpaired) electrons. The van der Waals surface area contributed by atoms with Gasteiger partial charge < -0.3 is 0 Å². The second-order valence-electron chi connectivity index (χ2n) is 10.2. The zero-order valence-electron chi connectivity index (χ0n) is 23.0. The number of fused-ring (bicyclic) bond motifs is 3. The fourth-order valence-corrected chi connectivity index (χ4v) is 5.51. The molecule has 8 aromatic rings. The van der Waals surface area contributed by atoms with Gasteiger partial charge >= 0.3 is 0 Å². The largest absolute Gasteiger partial charge is 0.292 e. The van der Waals surface area contributed by atoms with Gasteiger partial charge in [0.1, 0.15) is 5.65 Å². The summed E-state index contributed by atoms with van der Waals surface area (Å²) in [6.07, 6.45) is 5.46. The Balaban J connectivity index is 1.22. The summed E-state index contributed by atoms with van der Waals surface area (Å²) in [6, 6.07) is 43.0. The average Bonchev–Trinajstić information content (AvgIpc) is 3.43. The number of aromatic nitrogens is 6. The van der Waals surface area contributed by atoms with Gasteiger partial charge in [-0.25, -0.2) is 15.0 Å². The van der Waals surface area contributed by atoms with Crippen molar-refractivity contribution in [2.24, 2.45) is 0 Å². The lowest BCUT2D eigenvalue weighted by Gasteiger charge is -2.11. The van der Waals surface area contributed by atoms with Crippen LogP contribution in [0.4, 0.5) is 0 Å². The minimum absolute atomic E-state index is 0.684. The van der Waals surface area contributed by atoms with Crippen molar-refractivity contribution in [1.29, 1.82) is 0 Å². The molecule has 5 aromatic heterocycles. The van der Waals surface area contributed by atoms with Crippen LogP contribution in [0.15, 0.2) is 146 Å². The van der Waals surface area contributed by atoms with Crippen LogP contribution in [-0.2, 0) is 0 Å². The smallest absolute Gasteiger partial charge is 0.160 e. The van der Waals surface area contributed by atoms with Gasteiger partial charge in [-0.2, -0.15) is 0 Å². The van der Waals surface area contributed by atoms with Crippen LogP contribution in [0.25, 0.3) is 72.9 Å². The lowest BCUT2D eigenvalue weighted by Crippen LogP contribution is -1.97. The van der Waals surface area contributed by atoms with Crippen LogP contribution >= 0.6 is 0 Å². The fraction of sp³-hybridized carbons (Fsp3) is 0. The topological polar surface area (TPSA) is 69.4 Å². The first-order valence-electron chi connectivity index (χ1n) is 14.1. The number of hydrogen-bond donors (Lipinski definition) is 0. The number of pyridine rings is 3. The highest BCUT2D eigenvalue weighted by molar-refractivity contribution is 6.05. The summed E-state index contributed by atoms with van der Waals surface area (Å²) in [6.45, 7) is 0. The number of rotatable bonds is 5. The first-order chi connectivity index (χ1) is 21.3. The van der Waals surface area contributed by atoms with E-state index >= 15 is 0 Å². The lowest BCUT2D eigenvalue weighted by molar-refractivity contribution is 1.13. The van der Waals surface area contributed by atoms with E-state index in [1.165, 1.54) is 0 Å². The summed E-state index contributed by atoms with van der Waals surface area (Å²) >= 11 is 0. The Hall–Kier alpha value is -6.01. The van der Waals surface area contributed by atoms with Gasteiger partial charge in [-0.1, -0.05) is 72.8 Å². The Morgan fingerprint density at radius 2 is 1.07 bits per heavy atom. The van der Waals surface area contributed by atoms with Gasteiger partial charge in [0, 0.05) is 51.9 Å². The molecule has 0 unspecified atom stereocenters. The van der Waals surface area contributed by atoms with Crippen LogP contribution in [0, 0.1) is 0 Å². The molecular formula is C37H24N6. The second kappa shape index (κ2) is 10.4. The maximum atomic E-state index is 5.01. The molecule has 0 aliphatic carbocycles. The molecular weight excluding hydrogens is 528 g/mol. The van der Waals surface area contributed by atoms with E-state index in [-0.39, 0.29) is 0 Å². The Labute approximate surface area is 248 Å². The highest BCUT2D eigenvalue weighted by Gasteiger charge is 2.15. The molecule has 6 heteroatoms. The van der Waals surface area contributed by atoms with Crippen LogP contribution in [-0.4, -0.2) is 29.5 Å². The third-order valence-electron chi connectivity index (χ3n) is 7.60. The molecule has 0 amide bonds. The molecule has 0 atom stereocenters. The third kappa shape index (κ3) is 4.51. The van der Waals surface area contributed by atoms with Crippen LogP contribution in [0.3, 0.4) is 0 Å². The highest BCUT2D eigenvalue weighted by Crippen LogP contribution is 2.32. The van der Waals surface area contributed by atoms with Crippen molar-refractivity contribution in [2.75, 3.05) is 0 Å². The molecule has 43 heavy (non-hydrogen) atoms. The summed E-state index contributed by atoms with van der Waals surface area (Å²) in [5.74, 6) is 0.684. The van der Waals surface area contributed by atoms with E-state index in [1.807, 2.05) is 79.3 Å². The standard InChI is InChI=1S/C37H24N6/c1-2-8-28(9-3-1)36-41-32(26-15-13-25(14-16-26)31-11-4-5-21-38-31)24-33(42-36)27-17-19-29(20-18-27)43-34-12-7-22-39-35(34)30-10-6-23-40-37(30)43/h1-24H. The number of hydrogen-bond acceptors (Lipinski definition) is 5. The first kappa shape index (κ1) is 24.8. The van der Waals surface area contributed by atoms with Crippen molar-refractivity contribution in [3.8, 4) is 50.8 Å². The van der Waals surface area contributed by atoms with Gasteiger partial charge in [-0.05, 0) is 54.6 Å². The highest BCUT2D eigenvalue weighted by atomic mass is 15.1. The number of benzene rings is 3. The van der Waals surface area contributed by atoms with Crippen molar-refractivity contribution in [3.63, 3.8) is 0 Å². The quantitative estimate of drug-likeness (QED) is 0.214. The van der Waals surface area contributed by atoms with Gasteiger partial charge in [0.05, 0.1) is 28.1 Å². The molecule has 0 saturated heterocycles. The van der Waals surface area contributed by atoms with Crippen molar-refractivity contribution < 1.29 is 0 Å². The maximum absolute atomic E-state index is 5.01. The molecule has 5 heterocycles. The minimum atomic E-state index is 0.684. The van der Waals surface area contributed by atoms with E-state index in [0.29, 0.717) is 5.82 Å². The molecule has 0 aliphatic rings. The van der Waals surface area contributed by atoms with E-state index in [2.05, 4.69) is 86.2 Å². The molecule has 3 aromatic carbocycles. The van der Waals surface area contributed by atoms with Gasteiger partial charge in [0.25, 0.3) is 0 Å². The molecule has 0 spiro atoms. The van der Waals surface area contributed by atoms with E-state index in [1.54, 1.807) is 0 Å². The first-order valence-corrected chi connectivity index (χ1v) is 14.1. The van der Waals surface area contributed by atoms with Crippen LogP contribution in [0.1, 0.15) is 0 Å². The van der Waals surface area contributed by atoms with Crippen LogP contribution < -0.4 is 0 Å². The Bertz CT molecular complexity index is 2150. The molecule has 0 bridgehead atoms. The number of nitrogens with zero attached hydrogens (tertiary/aromatic N) is 6. The molecule has 0 fully saturated rings. The Morgan fingerprint density at radius 3 is 1.79 bits per heavy atom. The summed E-state index contributed by atoms with van der Waals surface area (Å²) in [4.78, 5) is 23.8. The molecule has 202 valence electrons. The van der Waals surface area contributed by atoms with Gasteiger partial charge in [-0.3, -0.25) is 14.5 Å². The minimum Gasteiger partial charge on any atom is -0.292 e. The van der Waals surface area contributed by atoms with Crippen LogP contribution in [0.2, 0.25) is 0 Å². The average molecular weight is 553 g/mol. The monoisotopic (exact) mass is 552 g/mol. The Morgan fingerprint density at radius 1 is 0.442 bits per heavy atom. The predicted octanol–water partition coefficient (Wildman–Crippen LogP) is 8.43. The summed E-state index contributed by atoms with van der Waals surface area (Å²) < 4.78 is 2.16. The Kier molecular flexibility index (Phi) is 6.01. The molecule has 0 saturated carbocycles. The molecule has 6 nitrogen and oxygen atoms in total. The molecule has 0 aliphatic heterocycles. The van der Waals surface area contributed by atoms with Crippen molar-refractivity contribution in [2.45, 2.75) is 0 Å². The van der Waals surface area contributed by atoms with Crippen molar-refractivity contribution >= 4 is 22.1 Å². The predicted molar refractivity (Wildman–Crippen MR) is 171 cm³/mol. The summed E-state index contributed by atoms with van der Waals surface area (Å²) in [5, 5.41) is 1.03. The zero-order chi connectivity index (χ0) is 28.6. The second-order valence-corrected chi connectivity index (χ2v) is 10.2. The zero-order valence-corrected chi connectivity index (χ0v) is 23.0. The fourth-order valence-electron chi connectivity index (χ4n) is 5.51. The van der Waals surface area contributed by atoms with Crippen LogP contribution in [0.5, 0.6) is 0 Å². The van der Waals surface area contributed by atoms with E-state index in [9.17, 15) is 0 Å². The van der Waals surface area contributed by atoms with Gasteiger partial charge in [0.15, 0.2) is 5.82 Å². The lowest BCUT2D eigenvalue weighted by atomic mass is 10.0. The van der Waals surface area contributed by atoms with Gasteiger partial charge in [0.2, 0.25) is 0 Å².